The van der Waals surface area contributed by atoms with Crippen LogP contribution in [0.4, 0.5) is 0 Å². The largest absolute Gasteiger partial charge is 0.497 e. The number of nitrogens with zero attached hydrogens (tertiary/aromatic N) is 1. The lowest BCUT2D eigenvalue weighted by Gasteiger charge is -2.24. The van der Waals surface area contributed by atoms with E-state index in [0.717, 1.165) is 52.9 Å². The van der Waals surface area contributed by atoms with E-state index in [4.69, 9.17) is 4.74 Å². The van der Waals surface area contributed by atoms with E-state index in [1.54, 1.807) is 11.7 Å². The molecule has 0 aliphatic heterocycles. The van der Waals surface area contributed by atoms with Crippen LogP contribution >= 0.6 is 0 Å². The van der Waals surface area contributed by atoms with Crippen molar-refractivity contribution in [2.75, 3.05) is 7.11 Å². The Hall–Kier alpha value is -3.02. The van der Waals surface area contributed by atoms with Gasteiger partial charge < -0.3 is 19.6 Å². The summed E-state index contributed by atoms with van der Waals surface area (Å²) in [6.07, 6.45) is 2.78. The van der Waals surface area contributed by atoms with Crippen LogP contribution in [0.5, 0.6) is 5.75 Å². The van der Waals surface area contributed by atoms with Gasteiger partial charge in [0.25, 0.3) is 11.5 Å². The van der Waals surface area contributed by atoms with Gasteiger partial charge in [-0.1, -0.05) is 13.8 Å². The third-order valence-electron chi connectivity index (χ3n) is 6.20. The van der Waals surface area contributed by atoms with Crippen molar-refractivity contribution in [2.24, 2.45) is 5.92 Å². The van der Waals surface area contributed by atoms with Crippen molar-refractivity contribution in [3.8, 4) is 5.75 Å². The molecule has 2 aromatic heterocycles. The summed E-state index contributed by atoms with van der Waals surface area (Å²) in [5, 5.41) is 4.29. The maximum atomic E-state index is 13.3. The summed E-state index contributed by atoms with van der Waals surface area (Å²) >= 11 is 0. The number of hydrogen-bond acceptors (Lipinski definition) is 3. The van der Waals surface area contributed by atoms with E-state index >= 15 is 0 Å². The summed E-state index contributed by atoms with van der Waals surface area (Å²) in [7, 11) is 1.67. The first-order valence-electron chi connectivity index (χ1n) is 11.0. The zero-order chi connectivity index (χ0) is 22.3. The summed E-state index contributed by atoms with van der Waals surface area (Å²) in [5.41, 5.74) is 4.95. The Morgan fingerprint density at radius 1 is 1.29 bits per heavy atom. The first kappa shape index (κ1) is 21.2. The Bertz CT molecular complexity index is 1200. The van der Waals surface area contributed by atoms with Crippen LogP contribution < -0.4 is 15.6 Å². The van der Waals surface area contributed by atoms with Crippen LogP contribution in [0.2, 0.25) is 0 Å². The molecule has 0 unspecified atom stereocenters. The number of ether oxygens (including phenoxy) is 1. The van der Waals surface area contributed by atoms with Crippen LogP contribution in [-0.4, -0.2) is 22.6 Å². The van der Waals surface area contributed by atoms with Gasteiger partial charge in [-0.25, -0.2) is 0 Å². The number of rotatable bonds is 5. The molecular weight excluding hydrogens is 390 g/mol. The second-order valence-corrected chi connectivity index (χ2v) is 9.00. The van der Waals surface area contributed by atoms with Gasteiger partial charge in [0, 0.05) is 28.8 Å². The van der Waals surface area contributed by atoms with E-state index in [0.29, 0.717) is 12.5 Å². The number of pyridine rings is 1. The first-order chi connectivity index (χ1) is 14.8. The molecule has 4 rings (SSSR count). The fourth-order valence-electron chi connectivity index (χ4n) is 4.74. The Morgan fingerprint density at radius 3 is 2.77 bits per heavy atom. The first-order valence-corrected chi connectivity index (χ1v) is 11.0. The average Bonchev–Trinajstić information content (AvgIpc) is 3.09. The zero-order valence-corrected chi connectivity index (χ0v) is 19.0. The van der Waals surface area contributed by atoms with Gasteiger partial charge in [-0.15, -0.1) is 0 Å². The molecule has 6 heteroatoms. The third kappa shape index (κ3) is 3.87. The van der Waals surface area contributed by atoms with Gasteiger partial charge in [-0.3, -0.25) is 9.59 Å². The normalized spacial score (nSPS) is 15.9. The van der Waals surface area contributed by atoms with Gasteiger partial charge in [-0.2, -0.15) is 0 Å². The molecule has 0 spiro atoms. The maximum absolute atomic E-state index is 13.3. The molecule has 0 saturated carbocycles. The molecule has 1 atom stereocenters. The predicted molar refractivity (Wildman–Crippen MR) is 123 cm³/mol. The van der Waals surface area contributed by atoms with Crippen LogP contribution in [0.25, 0.3) is 10.9 Å². The smallest absolute Gasteiger partial charge is 0.263 e. The van der Waals surface area contributed by atoms with E-state index < -0.39 is 0 Å². The van der Waals surface area contributed by atoms with Crippen molar-refractivity contribution >= 4 is 16.8 Å². The molecule has 2 heterocycles. The van der Waals surface area contributed by atoms with Crippen molar-refractivity contribution < 1.29 is 9.53 Å². The molecule has 164 valence electrons. The van der Waals surface area contributed by atoms with Crippen LogP contribution in [0.3, 0.4) is 0 Å². The number of benzene rings is 1. The number of aromatic amines is 1. The highest BCUT2D eigenvalue weighted by Gasteiger charge is 2.28. The number of aryl methyl sites for hydroxylation is 3. The summed E-state index contributed by atoms with van der Waals surface area (Å²) in [5.74, 6) is 0.842. The average molecular weight is 422 g/mol. The number of hydrogen-bond donors (Lipinski definition) is 2. The van der Waals surface area contributed by atoms with E-state index in [-0.39, 0.29) is 23.1 Å². The van der Waals surface area contributed by atoms with Gasteiger partial charge in [0.05, 0.1) is 13.2 Å². The standard InChI is InChI=1S/C25H31N3O3/c1-14(2)13-28-16(4)11-15(3)22(25(28)30)24(29)27-21-8-6-7-18-19-12-17(31-5)9-10-20(19)26-23(18)21/h9-12,14,21,26H,6-8,13H2,1-5H3,(H,27,29)/t21-/m1/s1. The van der Waals surface area contributed by atoms with Crippen LogP contribution in [-0.2, 0) is 13.0 Å². The number of nitrogens with one attached hydrogen (secondary N) is 2. The highest BCUT2D eigenvalue weighted by molar-refractivity contribution is 5.96. The van der Waals surface area contributed by atoms with Crippen molar-refractivity contribution in [3.63, 3.8) is 0 Å². The molecule has 2 N–H and O–H groups in total. The highest BCUT2D eigenvalue weighted by Crippen LogP contribution is 2.36. The number of aromatic nitrogens is 2. The molecule has 0 bridgehead atoms. The van der Waals surface area contributed by atoms with E-state index in [1.807, 2.05) is 38.1 Å². The monoisotopic (exact) mass is 421 g/mol. The molecule has 3 aromatic rings. The van der Waals surface area contributed by atoms with Crippen molar-refractivity contribution in [1.82, 2.24) is 14.9 Å². The number of H-pyrrole nitrogens is 1. The molecule has 1 amide bonds. The number of carbonyl (C=O) groups is 1. The molecule has 0 saturated heterocycles. The molecule has 6 nitrogen and oxygen atoms in total. The number of carbonyl (C=O) groups excluding carboxylic acids is 1. The summed E-state index contributed by atoms with van der Waals surface area (Å²) in [6, 6.07) is 7.78. The number of methoxy groups -OCH3 is 1. The minimum Gasteiger partial charge on any atom is -0.497 e. The lowest BCUT2D eigenvalue weighted by atomic mass is 9.91. The molecular formula is C25H31N3O3. The maximum Gasteiger partial charge on any atom is 0.263 e. The van der Waals surface area contributed by atoms with E-state index in [9.17, 15) is 9.59 Å². The third-order valence-corrected chi connectivity index (χ3v) is 6.20. The SMILES string of the molecule is COc1ccc2[nH]c3c(c2c1)CCC[C@H]3NC(=O)c1c(C)cc(C)n(CC(C)C)c1=O. The van der Waals surface area contributed by atoms with Gasteiger partial charge in [0.1, 0.15) is 11.3 Å². The molecule has 1 aliphatic carbocycles. The minimum atomic E-state index is -0.297. The van der Waals surface area contributed by atoms with E-state index in [2.05, 4.69) is 24.1 Å². The van der Waals surface area contributed by atoms with Crippen LogP contribution in [0, 0.1) is 19.8 Å². The van der Waals surface area contributed by atoms with Gasteiger partial charge in [-0.05, 0) is 74.4 Å². The van der Waals surface area contributed by atoms with Gasteiger partial charge in [0.15, 0.2) is 0 Å². The Morgan fingerprint density at radius 2 is 2.06 bits per heavy atom. The second kappa shape index (κ2) is 8.25. The van der Waals surface area contributed by atoms with Crippen LogP contribution in [0.15, 0.2) is 29.1 Å². The van der Waals surface area contributed by atoms with Gasteiger partial charge >= 0.3 is 0 Å². The molecule has 31 heavy (non-hydrogen) atoms. The Balaban J connectivity index is 1.69. The molecule has 0 radical (unpaired) electrons. The predicted octanol–water partition coefficient (Wildman–Crippen LogP) is 4.42. The minimum absolute atomic E-state index is 0.145. The van der Waals surface area contributed by atoms with E-state index in [1.165, 1.54) is 5.56 Å². The Labute approximate surface area is 182 Å². The van der Waals surface area contributed by atoms with Gasteiger partial charge in [0.2, 0.25) is 0 Å². The lowest BCUT2D eigenvalue weighted by Crippen LogP contribution is -2.38. The Kier molecular flexibility index (Phi) is 5.65. The lowest BCUT2D eigenvalue weighted by molar-refractivity contribution is 0.0929. The van der Waals surface area contributed by atoms with Crippen molar-refractivity contribution in [3.05, 3.63) is 62.7 Å². The zero-order valence-electron chi connectivity index (χ0n) is 19.0. The molecule has 1 aliphatic rings. The summed E-state index contributed by atoms with van der Waals surface area (Å²) in [6.45, 7) is 8.50. The fourth-order valence-corrected chi connectivity index (χ4v) is 4.74. The molecule has 1 aromatic carbocycles. The van der Waals surface area contributed by atoms with Crippen LogP contribution in [0.1, 0.15) is 65.6 Å². The highest BCUT2D eigenvalue weighted by atomic mass is 16.5. The van der Waals surface area contributed by atoms with Crippen molar-refractivity contribution in [2.45, 2.75) is 59.5 Å². The second-order valence-electron chi connectivity index (χ2n) is 9.00. The quantitative estimate of drug-likeness (QED) is 0.640. The topological polar surface area (TPSA) is 76.1 Å². The fraction of sp³-hybridized carbons (Fsp3) is 0.440. The van der Waals surface area contributed by atoms with Crippen molar-refractivity contribution in [1.29, 1.82) is 0 Å². The number of amides is 1. The summed E-state index contributed by atoms with van der Waals surface area (Å²) < 4.78 is 7.10. The number of fused-ring (bicyclic) bond motifs is 3. The summed E-state index contributed by atoms with van der Waals surface area (Å²) in [4.78, 5) is 29.9. The molecule has 0 fully saturated rings.